The first-order valence-corrected chi connectivity index (χ1v) is 11.5. The van der Waals surface area contributed by atoms with Crippen molar-refractivity contribution in [1.29, 1.82) is 0 Å². The summed E-state index contributed by atoms with van der Waals surface area (Å²) >= 11 is 3.44. The second-order valence-corrected chi connectivity index (χ2v) is 9.20. The highest BCUT2D eigenvalue weighted by atomic mass is 79.9. The summed E-state index contributed by atoms with van der Waals surface area (Å²) in [7, 11) is 0. The molecule has 0 spiro atoms. The number of fused-ring (bicyclic) bond motifs is 2. The van der Waals surface area contributed by atoms with Crippen LogP contribution < -0.4 is 15.8 Å². The van der Waals surface area contributed by atoms with Crippen LogP contribution in [0.15, 0.2) is 77.3 Å². The van der Waals surface area contributed by atoms with Crippen molar-refractivity contribution in [1.82, 2.24) is 0 Å². The first-order chi connectivity index (χ1) is 16.3. The summed E-state index contributed by atoms with van der Waals surface area (Å²) in [5.74, 6) is 0.972. The molecule has 0 saturated heterocycles. The Kier molecular flexibility index (Phi) is 6.50. The van der Waals surface area contributed by atoms with Crippen LogP contribution in [0.1, 0.15) is 50.4 Å². The second-order valence-electron chi connectivity index (χ2n) is 8.35. The van der Waals surface area contributed by atoms with E-state index in [2.05, 4.69) is 27.3 Å². The van der Waals surface area contributed by atoms with E-state index >= 15 is 0 Å². The van der Waals surface area contributed by atoms with Gasteiger partial charge < -0.3 is 15.8 Å². The van der Waals surface area contributed by atoms with Crippen molar-refractivity contribution < 1.29 is 14.3 Å². The molecule has 0 radical (unpaired) electrons. The van der Waals surface area contributed by atoms with Crippen LogP contribution in [0.25, 0.3) is 0 Å². The molecule has 4 aromatic carbocycles. The van der Waals surface area contributed by atoms with Crippen LogP contribution in [0, 0.1) is 13.8 Å². The van der Waals surface area contributed by atoms with E-state index in [1.807, 2.05) is 50.2 Å². The number of nitrogens with two attached hydrogens (primary N) is 1. The molecule has 5 rings (SSSR count). The number of benzene rings is 4. The molecule has 1 aliphatic rings. The van der Waals surface area contributed by atoms with E-state index < -0.39 is 0 Å². The van der Waals surface area contributed by atoms with Gasteiger partial charge in [0.2, 0.25) is 0 Å². The summed E-state index contributed by atoms with van der Waals surface area (Å²) in [6.45, 7) is 4.06. The highest BCUT2D eigenvalue weighted by Crippen LogP contribution is 2.40. The molecule has 176 valence electrons. The number of carbonyl (C=O) groups is 2. The third-order valence-corrected chi connectivity index (χ3v) is 6.41. The average molecular weight is 529 g/mol. The van der Waals surface area contributed by atoms with Gasteiger partial charge in [-0.15, -0.1) is 0 Å². The summed E-state index contributed by atoms with van der Waals surface area (Å²) < 4.78 is 6.54. The van der Waals surface area contributed by atoms with E-state index in [1.54, 1.807) is 30.3 Å². The summed E-state index contributed by atoms with van der Waals surface area (Å²) in [5, 5.41) is 3.28. The van der Waals surface area contributed by atoms with Gasteiger partial charge in [-0.3, -0.25) is 9.59 Å². The van der Waals surface area contributed by atoms with Crippen molar-refractivity contribution in [3.05, 3.63) is 111 Å². The molecule has 0 amide bonds. The van der Waals surface area contributed by atoms with Gasteiger partial charge in [0.25, 0.3) is 0 Å². The van der Waals surface area contributed by atoms with Gasteiger partial charge >= 0.3 is 0 Å². The van der Waals surface area contributed by atoms with E-state index in [1.165, 1.54) is 0 Å². The lowest BCUT2D eigenvalue weighted by Crippen LogP contribution is -2.23. The second kappa shape index (κ2) is 9.39. The van der Waals surface area contributed by atoms with Crippen molar-refractivity contribution in [2.75, 3.05) is 11.1 Å². The van der Waals surface area contributed by atoms with Crippen molar-refractivity contribution in [2.45, 2.75) is 21.3 Å². The highest BCUT2D eigenvalue weighted by molar-refractivity contribution is 9.10. The maximum Gasteiger partial charge on any atom is 0.196 e. The lowest BCUT2D eigenvalue weighted by Gasteiger charge is -2.23. The normalized spacial score (nSPS) is 11.9. The molecule has 0 fully saturated rings. The SMILES string of the molecule is C.Cc1cc(C)cc(Oc2ccc(Nc3cc(Br)c(N)c4c3C(=O)c3ccccc3C4=O)cc2)c1. The number of rotatable bonds is 4. The average Bonchev–Trinajstić information content (AvgIpc) is 2.80. The zero-order valence-corrected chi connectivity index (χ0v) is 20.2. The minimum absolute atomic E-state index is 0. The Bertz CT molecular complexity index is 1460. The molecule has 0 heterocycles. The summed E-state index contributed by atoms with van der Waals surface area (Å²) in [6, 6.07) is 22.0. The first-order valence-electron chi connectivity index (χ1n) is 10.8. The standard InChI is InChI=1S/C28H21BrN2O3.CH4/c1-15-11-16(2)13-19(12-15)34-18-9-7-17(8-10-18)31-23-14-22(29)26(30)25-24(23)27(32)20-5-3-4-6-21(20)28(25)33;/h3-14,31H,30H2,1-2H3;1H4. The van der Waals surface area contributed by atoms with Crippen LogP contribution in [0.4, 0.5) is 17.1 Å². The van der Waals surface area contributed by atoms with Gasteiger partial charge in [-0.05, 0) is 83.4 Å². The quantitative estimate of drug-likeness (QED) is 0.235. The van der Waals surface area contributed by atoms with Gasteiger partial charge in [0.05, 0.1) is 22.5 Å². The van der Waals surface area contributed by atoms with Crippen LogP contribution >= 0.6 is 15.9 Å². The molecule has 0 atom stereocenters. The van der Waals surface area contributed by atoms with Crippen molar-refractivity contribution >= 4 is 44.6 Å². The minimum atomic E-state index is -0.260. The predicted molar refractivity (Wildman–Crippen MR) is 144 cm³/mol. The van der Waals surface area contributed by atoms with Crippen molar-refractivity contribution in [3.8, 4) is 11.5 Å². The van der Waals surface area contributed by atoms with Gasteiger partial charge in [-0.1, -0.05) is 37.8 Å². The summed E-state index contributed by atoms with van der Waals surface area (Å²) in [5.41, 5.74) is 11.2. The van der Waals surface area contributed by atoms with E-state index in [4.69, 9.17) is 10.5 Å². The van der Waals surface area contributed by atoms with Gasteiger partial charge in [0, 0.05) is 21.3 Å². The first kappa shape index (κ1) is 24.2. The van der Waals surface area contributed by atoms with Gasteiger partial charge in [-0.2, -0.15) is 0 Å². The highest BCUT2D eigenvalue weighted by Gasteiger charge is 2.34. The fraction of sp³-hybridized carbons (Fsp3) is 0.103. The molecule has 4 aromatic rings. The number of anilines is 3. The molecule has 0 saturated carbocycles. The number of carbonyl (C=O) groups excluding carboxylic acids is 2. The van der Waals surface area contributed by atoms with E-state index in [0.29, 0.717) is 27.0 Å². The van der Waals surface area contributed by atoms with Crippen LogP contribution in [-0.4, -0.2) is 11.6 Å². The lowest BCUT2D eigenvalue weighted by atomic mass is 9.82. The fourth-order valence-corrected chi connectivity index (χ4v) is 4.70. The maximum absolute atomic E-state index is 13.4. The Morgan fingerprint density at radius 1 is 0.771 bits per heavy atom. The van der Waals surface area contributed by atoms with Gasteiger partial charge in [0.15, 0.2) is 11.6 Å². The number of nitrogen functional groups attached to an aromatic ring is 1. The molecule has 1 aliphatic carbocycles. The number of nitrogens with one attached hydrogen (secondary N) is 1. The number of aryl methyl sites for hydroxylation is 2. The Labute approximate surface area is 213 Å². The summed E-state index contributed by atoms with van der Waals surface area (Å²) in [4.78, 5) is 26.6. The topological polar surface area (TPSA) is 81.4 Å². The number of ketones is 2. The molecule has 0 aliphatic heterocycles. The molecule has 3 N–H and O–H groups in total. The van der Waals surface area contributed by atoms with Gasteiger partial charge in [-0.25, -0.2) is 0 Å². The van der Waals surface area contributed by atoms with Crippen LogP contribution in [0.2, 0.25) is 0 Å². The van der Waals surface area contributed by atoms with Crippen molar-refractivity contribution in [3.63, 3.8) is 0 Å². The predicted octanol–water partition coefficient (Wildman–Crippen LogP) is 7.60. The molecular weight excluding hydrogens is 504 g/mol. The largest absolute Gasteiger partial charge is 0.457 e. The third-order valence-electron chi connectivity index (χ3n) is 5.75. The molecule has 6 heteroatoms. The number of ether oxygens (including phenoxy) is 1. The molecule has 0 bridgehead atoms. The van der Waals surface area contributed by atoms with Crippen LogP contribution in [-0.2, 0) is 0 Å². The molecular formula is C29H25BrN2O3. The molecule has 0 unspecified atom stereocenters. The van der Waals surface area contributed by atoms with Crippen molar-refractivity contribution in [2.24, 2.45) is 0 Å². The number of hydrogen-bond acceptors (Lipinski definition) is 5. The van der Waals surface area contributed by atoms with Gasteiger partial charge in [0.1, 0.15) is 11.5 Å². The number of hydrogen-bond donors (Lipinski definition) is 2. The third kappa shape index (κ3) is 4.45. The van der Waals surface area contributed by atoms with E-state index in [0.717, 1.165) is 22.6 Å². The Balaban J connectivity index is 0.00000289. The fourth-order valence-electron chi connectivity index (χ4n) is 4.27. The monoisotopic (exact) mass is 528 g/mol. The minimum Gasteiger partial charge on any atom is -0.457 e. The molecule has 0 aromatic heterocycles. The maximum atomic E-state index is 13.4. The Morgan fingerprint density at radius 2 is 1.34 bits per heavy atom. The lowest BCUT2D eigenvalue weighted by molar-refractivity contribution is 0.0980. The zero-order valence-electron chi connectivity index (χ0n) is 18.6. The van der Waals surface area contributed by atoms with Crippen LogP contribution in [0.3, 0.4) is 0 Å². The Morgan fingerprint density at radius 3 is 1.94 bits per heavy atom. The number of halogens is 1. The smallest absolute Gasteiger partial charge is 0.196 e. The van der Waals surface area contributed by atoms with E-state index in [9.17, 15) is 9.59 Å². The van der Waals surface area contributed by atoms with Crippen LogP contribution in [0.5, 0.6) is 11.5 Å². The molecule has 5 nitrogen and oxygen atoms in total. The Hall–Kier alpha value is -3.90. The summed E-state index contributed by atoms with van der Waals surface area (Å²) in [6.07, 6.45) is 0. The zero-order chi connectivity index (χ0) is 24.0. The van der Waals surface area contributed by atoms with E-state index in [-0.39, 0.29) is 35.8 Å². The molecule has 35 heavy (non-hydrogen) atoms.